The van der Waals surface area contributed by atoms with Crippen LogP contribution in [0.15, 0.2) is 48.5 Å². The summed E-state index contributed by atoms with van der Waals surface area (Å²) in [4.78, 5) is 11.0. The number of anilines is 1. The number of alkyl halides is 3. The van der Waals surface area contributed by atoms with Gasteiger partial charge in [-0.2, -0.15) is 0 Å². The van der Waals surface area contributed by atoms with E-state index < -0.39 is 18.4 Å². The van der Waals surface area contributed by atoms with Crippen molar-refractivity contribution >= 4 is 34.9 Å². The molecule has 0 unspecified atom stereocenters. The van der Waals surface area contributed by atoms with Crippen LogP contribution in [0.3, 0.4) is 0 Å². The van der Waals surface area contributed by atoms with Crippen LogP contribution in [0.1, 0.15) is 16.7 Å². The van der Waals surface area contributed by atoms with Gasteiger partial charge in [0.25, 0.3) is 0 Å². The van der Waals surface area contributed by atoms with Crippen LogP contribution in [0.2, 0.25) is 10.0 Å². The summed E-state index contributed by atoms with van der Waals surface area (Å²) >= 11 is 12.7. The monoisotopic (exact) mass is 574 g/mol. The molecule has 5 N–H and O–H groups in total. The van der Waals surface area contributed by atoms with E-state index in [-0.39, 0.29) is 52.6 Å². The number of methoxy groups -OCH3 is 1. The minimum absolute atomic E-state index is 0.0166. The van der Waals surface area contributed by atoms with E-state index in [1.54, 1.807) is 12.1 Å². The molecule has 0 radical (unpaired) electrons. The molecule has 3 aromatic carbocycles. The second-order valence-electron chi connectivity index (χ2n) is 8.01. The van der Waals surface area contributed by atoms with Gasteiger partial charge in [0.1, 0.15) is 36.5 Å². The van der Waals surface area contributed by atoms with E-state index >= 15 is 0 Å². The molecule has 0 aliphatic rings. The van der Waals surface area contributed by atoms with Gasteiger partial charge in [-0.1, -0.05) is 35.3 Å². The van der Waals surface area contributed by atoms with Gasteiger partial charge in [-0.05, 0) is 47.9 Å². The zero-order chi connectivity index (χ0) is 28.0. The van der Waals surface area contributed by atoms with Crippen LogP contribution in [0.25, 0.3) is 0 Å². The molecule has 0 aliphatic carbocycles. The van der Waals surface area contributed by atoms with Crippen LogP contribution < -0.4 is 30.4 Å². The topological polar surface area (TPSA) is 126 Å². The van der Waals surface area contributed by atoms with E-state index in [0.717, 1.165) is 0 Å². The average Bonchev–Trinajstić information content (AvgIpc) is 2.82. The Kier molecular flexibility index (Phi) is 9.42. The predicted molar refractivity (Wildman–Crippen MR) is 135 cm³/mol. The zero-order valence-electron chi connectivity index (χ0n) is 19.9. The highest BCUT2D eigenvalue weighted by molar-refractivity contribution is 6.37. The van der Waals surface area contributed by atoms with Crippen LogP contribution in [0.5, 0.6) is 23.0 Å². The van der Waals surface area contributed by atoms with Crippen LogP contribution in [-0.4, -0.2) is 30.6 Å². The number of halogens is 5. The number of carbonyl (C=O) groups is 1. The minimum Gasteiger partial charge on any atom is -0.497 e. The van der Waals surface area contributed by atoms with E-state index in [1.807, 2.05) is 0 Å². The fourth-order valence-corrected chi connectivity index (χ4v) is 4.03. The summed E-state index contributed by atoms with van der Waals surface area (Å²) in [5, 5.41) is 9.30. The third kappa shape index (κ3) is 7.98. The van der Waals surface area contributed by atoms with E-state index in [9.17, 15) is 18.0 Å². The quantitative estimate of drug-likeness (QED) is 0.253. The number of carboxylic acid groups (broad SMARTS) is 1. The molecule has 0 spiro atoms. The molecule has 0 fully saturated rings. The Morgan fingerprint density at radius 3 is 2.11 bits per heavy atom. The highest BCUT2D eigenvalue weighted by Crippen LogP contribution is 2.38. The van der Waals surface area contributed by atoms with E-state index in [0.29, 0.717) is 22.4 Å². The van der Waals surface area contributed by atoms with Crippen molar-refractivity contribution in [2.75, 3.05) is 12.8 Å². The lowest BCUT2D eigenvalue weighted by molar-refractivity contribution is -0.274. The van der Waals surface area contributed by atoms with Crippen LogP contribution >= 0.6 is 23.2 Å². The smallest absolute Gasteiger partial charge is 0.497 e. The van der Waals surface area contributed by atoms with Crippen molar-refractivity contribution in [1.82, 2.24) is 0 Å². The van der Waals surface area contributed by atoms with E-state index in [4.69, 9.17) is 54.0 Å². The number of nitrogen functional groups attached to an aromatic ring is 1. The summed E-state index contributed by atoms with van der Waals surface area (Å²) in [7, 11) is 1.46. The number of nitrogens with two attached hydrogens (primary N) is 2. The largest absolute Gasteiger partial charge is 0.573 e. The second kappa shape index (κ2) is 12.3. The molecule has 0 aromatic heterocycles. The molecule has 0 bridgehead atoms. The molecule has 0 aliphatic heterocycles. The van der Waals surface area contributed by atoms with Crippen LogP contribution in [0.4, 0.5) is 18.9 Å². The number of hydrogen-bond acceptors (Lipinski definition) is 7. The van der Waals surface area contributed by atoms with Gasteiger partial charge >= 0.3 is 12.3 Å². The first-order valence-corrected chi connectivity index (χ1v) is 11.6. The minimum atomic E-state index is -4.79. The van der Waals surface area contributed by atoms with Crippen LogP contribution in [-0.2, 0) is 24.4 Å². The maximum absolute atomic E-state index is 12.4. The lowest BCUT2D eigenvalue weighted by Crippen LogP contribution is -2.32. The third-order valence-electron chi connectivity index (χ3n) is 5.15. The predicted octanol–water partition coefficient (Wildman–Crippen LogP) is 5.60. The Hall–Kier alpha value is -3.54. The molecule has 3 aromatic rings. The summed E-state index contributed by atoms with van der Waals surface area (Å²) in [6, 6.07) is 10.3. The fourth-order valence-electron chi connectivity index (χ4n) is 3.39. The number of hydrogen-bond donors (Lipinski definition) is 3. The van der Waals surface area contributed by atoms with Gasteiger partial charge in [0.15, 0.2) is 5.75 Å². The van der Waals surface area contributed by atoms with Gasteiger partial charge < -0.3 is 35.5 Å². The highest BCUT2D eigenvalue weighted by atomic mass is 35.5. The lowest BCUT2D eigenvalue weighted by Gasteiger charge is -2.18. The number of carboxylic acids is 1. The maximum atomic E-state index is 12.4. The molecule has 13 heteroatoms. The first-order valence-electron chi connectivity index (χ1n) is 10.9. The zero-order valence-corrected chi connectivity index (χ0v) is 21.4. The van der Waals surface area contributed by atoms with Gasteiger partial charge in [0.05, 0.1) is 22.8 Å². The lowest BCUT2D eigenvalue weighted by atomic mass is 10.1. The Labute approximate surface area is 225 Å². The van der Waals surface area contributed by atoms with Crippen molar-refractivity contribution in [2.24, 2.45) is 5.73 Å². The number of aliphatic carboxylic acids is 1. The van der Waals surface area contributed by atoms with Gasteiger partial charge in [-0.25, -0.2) is 0 Å². The second-order valence-corrected chi connectivity index (χ2v) is 8.83. The van der Waals surface area contributed by atoms with Gasteiger partial charge in [-0.15, -0.1) is 13.2 Å². The molecule has 0 saturated carbocycles. The molecule has 0 amide bonds. The summed E-state index contributed by atoms with van der Waals surface area (Å²) in [5.74, 6) is -0.682. The third-order valence-corrected chi connectivity index (χ3v) is 5.71. The maximum Gasteiger partial charge on any atom is 0.573 e. The molecule has 8 nitrogen and oxygen atoms in total. The molecule has 3 rings (SSSR count). The Morgan fingerprint density at radius 1 is 0.947 bits per heavy atom. The molecule has 38 heavy (non-hydrogen) atoms. The average molecular weight is 575 g/mol. The summed E-state index contributed by atoms with van der Waals surface area (Å²) in [5.41, 5.74) is 13.5. The highest BCUT2D eigenvalue weighted by Gasteiger charge is 2.31. The molecule has 204 valence electrons. The van der Waals surface area contributed by atoms with Gasteiger partial charge in [0, 0.05) is 11.6 Å². The first-order chi connectivity index (χ1) is 17.9. The van der Waals surface area contributed by atoms with E-state index in [2.05, 4.69) is 4.74 Å². The van der Waals surface area contributed by atoms with Crippen molar-refractivity contribution in [3.8, 4) is 23.0 Å². The number of rotatable bonds is 11. The van der Waals surface area contributed by atoms with Crippen molar-refractivity contribution < 1.29 is 42.0 Å². The molecule has 1 atom stereocenters. The summed E-state index contributed by atoms with van der Waals surface area (Å²) < 4.78 is 58.0. The van der Waals surface area contributed by atoms with Crippen molar-refractivity contribution in [3.05, 3.63) is 75.3 Å². The van der Waals surface area contributed by atoms with Gasteiger partial charge in [0.2, 0.25) is 0 Å². The van der Waals surface area contributed by atoms with Crippen molar-refractivity contribution in [3.63, 3.8) is 0 Å². The summed E-state index contributed by atoms with van der Waals surface area (Å²) in [6.07, 6.45) is -4.77. The Morgan fingerprint density at radius 2 is 1.55 bits per heavy atom. The van der Waals surface area contributed by atoms with Gasteiger partial charge in [-0.3, -0.25) is 4.79 Å². The Balaban J connectivity index is 1.77. The van der Waals surface area contributed by atoms with Crippen molar-refractivity contribution in [1.29, 1.82) is 0 Å². The molecular formula is C25H23Cl2F3N2O6. The standard InChI is InChI=1S/C25H23Cl2F3N2O6/c1-35-17-9-15(12-37-23-18(26)6-14(7-19(23)27)8-21(32)24(33)34)22(20(31)10-17)36-11-13-2-4-16(5-3-13)38-25(28,29)30/h2-7,9-10,21H,8,11-12,31-32H2,1H3,(H,33,34)/t21-/m0/s1. The SMILES string of the molecule is COc1cc(N)c(OCc2ccc(OC(F)(F)F)cc2)c(COc2c(Cl)cc(C[C@H](N)C(=O)O)cc2Cl)c1. The fraction of sp³-hybridized carbons (Fsp3) is 0.240. The molecule has 0 heterocycles. The first kappa shape index (κ1) is 29.0. The van der Waals surface area contributed by atoms with Crippen molar-refractivity contribution in [2.45, 2.75) is 32.0 Å². The number of ether oxygens (including phenoxy) is 4. The normalized spacial score (nSPS) is 12.1. The molecule has 0 saturated heterocycles. The van der Waals surface area contributed by atoms with Crippen LogP contribution in [0, 0.1) is 0 Å². The molecular weight excluding hydrogens is 552 g/mol. The Bertz CT molecular complexity index is 1270. The summed E-state index contributed by atoms with van der Waals surface area (Å²) in [6.45, 7) is -0.113. The van der Waals surface area contributed by atoms with E-state index in [1.165, 1.54) is 43.5 Å². The number of benzene rings is 3.